The number of hydrogen-bond acceptors (Lipinski definition) is 5. The summed E-state index contributed by atoms with van der Waals surface area (Å²) in [4.78, 5) is 7.60. The van der Waals surface area contributed by atoms with Gasteiger partial charge in [0.25, 0.3) is 0 Å². The maximum absolute atomic E-state index is 5.50. The van der Waals surface area contributed by atoms with E-state index in [1.165, 1.54) is 116 Å². The smallest absolute Gasteiger partial charge is 0.0596 e. The average Bonchev–Trinajstić information content (AvgIpc) is 3.43. The van der Waals surface area contributed by atoms with Crippen molar-refractivity contribution in [1.29, 1.82) is 0 Å². The second-order valence-corrected chi connectivity index (χ2v) is 13.6. The minimum atomic E-state index is 0. The predicted molar refractivity (Wildman–Crippen MR) is 191 cm³/mol. The molecular formula is C37H83N3O2. The van der Waals surface area contributed by atoms with Gasteiger partial charge in [-0.05, 0) is 130 Å². The summed E-state index contributed by atoms with van der Waals surface area (Å²) < 4.78 is 11.0. The molecule has 0 aromatic carbocycles. The van der Waals surface area contributed by atoms with Crippen molar-refractivity contribution in [3.8, 4) is 0 Å². The lowest BCUT2D eigenvalue weighted by molar-refractivity contribution is 0.0549. The SMILES string of the molecule is C.C.CC(C)CCN1CCCC1.CC(C)OCCN1CCCCC1.CC(C)OCCN1CCCCC1.CCCC(C)C. The van der Waals surface area contributed by atoms with Crippen LogP contribution in [0, 0.1) is 11.8 Å². The minimum Gasteiger partial charge on any atom is -0.377 e. The molecule has 258 valence electrons. The van der Waals surface area contributed by atoms with Crippen molar-refractivity contribution in [2.75, 3.05) is 72.1 Å². The van der Waals surface area contributed by atoms with E-state index in [-0.39, 0.29) is 14.9 Å². The van der Waals surface area contributed by atoms with E-state index in [1.807, 2.05) is 0 Å². The van der Waals surface area contributed by atoms with E-state index < -0.39 is 0 Å². The van der Waals surface area contributed by atoms with E-state index in [4.69, 9.17) is 9.47 Å². The summed E-state index contributed by atoms with van der Waals surface area (Å²) in [5.74, 6) is 1.77. The Morgan fingerprint density at radius 2 is 0.762 bits per heavy atom. The third kappa shape index (κ3) is 32.7. The Labute approximate surface area is 267 Å². The van der Waals surface area contributed by atoms with E-state index in [0.29, 0.717) is 12.2 Å². The van der Waals surface area contributed by atoms with Gasteiger partial charge in [0, 0.05) is 13.1 Å². The molecule has 0 aromatic heterocycles. The van der Waals surface area contributed by atoms with Crippen molar-refractivity contribution >= 4 is 0 Å². The van der Waals surface area contributed by atoms with Gasteiger partial charge >= 0.3 is 0 Å². The van der Waals surface area contributed by atoms with E-state index >= 15 is 0 Å². The zero-order chi connectivity index (χ0) is 30.0. The van der Waals surface area contributed by atoms with Gasteiger partial charge in [0.2, 0.25) is 0 Å². The second-order valence-electron chi connectivity index (χ2n) is 13.6. The molecular weight excluding hydrogens is 518 g/mol. The highest BCUT2D eigenvalue weighted by atomic mass is 16.5. The fourth-order valence-electron chi connectivity index (χ4n) is 5.23. The van der Waals surface area contributed by atoms with Crippen LogP contribution in [0.5, 0.6) is 0 Å². The van der Waals surface area contributed by atoms with Crippen LogP contribution >= 0.6 is 0 Å². The molecule has 0 aromatic rings. The standard InChI is InChI=1S/2C10H21NO.C9H19N.C6H14.2CH4/c2*1-10(2)12-9-8-11-6-4-3-5-7-11;1-9(2)5-8-10-6-3-4-7-10;1-4-5-6(2)3;;/h2*10H,3-9H2,1-2H3;9H,3-8H2,1-2H3;6H,4-5H2,1-3H3;2*1H4. The van der Waals surface area contributed by atoms with Gasteiger partial charge in [0.1, 0.15) is 0 Å². The van der Waals surface area contributed by atoms with Crippen molar-refractivity contribution in [3.05, 3.63) is 0 Å². The number of rotatable bonds is 13. The Morgan fingerprint density at radius 3 is 1.02 bits per heavy atom. The van der Waals surface area contributed by atoms with Crippen LogP contribution in [0.2, 0.25) is 0 Å². The van der Waals surface area contributed by atoms with Crippen molar-refractivity contribution < 1.29 is 9.47 Å². The molecule has 3 heterocycles. The number of ether oxygens (including phenoxy) is 2. The Hall–Kier alpha value is -0.200. The van der Waals surface area contributed by atoms with Gasteiger partial charge in [-0.25, -0.2) is 0 Å². The first-order chi connectivity index (χ1) is 19.1. The van der Waals surface area contributed by atoms with E-state index in [0.717, 1.165) is 38.1 Å². The van der Waals surface area contributed by atoms with Crippen LogP contribution < -0.4 is 0 Å². The van der Waals surface area contributed by atoms with Crippen molar-refractivity contribution in [2.45, 2.75) is 160 Å². The van der Waals surface area contributed by atoms with Gasteiger partial charge in [-0.2, -0.15) is 0 Å². The van der Waals surface area contributed by atoms with Crippen LogP contribution in [0.25, 0.3) is 0 Å². The zero-order valence-electron chi connectivity index (χ0n) is 29.0. The molecule has 0 bridgehead atoms. The molecule has 0 saturated carbocycles. The third-order valence-electron chi connectivity index (χ3n) is 7.70. The molecule has 5 heteroatoms. The molecule has 0 atom stereocenters. The number of likely N-dealkylation sites (tertiary alicyclic amines) is 3. The summed E-state index contributed by atoms with van der Waals surface area (Å²) in [7, 11) is 0. The lowest BCUT2D eigenvalue weighted by Crippen LogP contribution is -2.33. The second kappa shape index (κ2) is 32.2. The highest BCUT2D eigenvalue weighted by molar-refractivity contribution is 4.66. The van der Waals surface area contributed by atoms with Crippen molar-refractivity contribution in [1.82, 2.24) is 14.7 Å². The topological polar surface area (TPSA) is 28.2 Å². The monoisotopic (exact) mass is 602 g/mol. The molecule has 3 saturated heterocycles. The minimum absolute atomic E-state index is 0. The molecule has 5 nitrogen and oxygen atoms in total. The van der Waals surface area contributed by atoms with Gasteiger partial charge in [0.05, 0.1) is 25.4 Å². The van der Waals surface area contributed by atoms with Crippen LogP contribution in [-0.2, 0) is 9.47 Å². The fraction of sp³-hybridized carbons (Fsp3) is 1.00. The van der Waals surface area contributed by atoms with E-state index in [9.17, 15) is 0 Å². The van der Waals surface area contributed by atoms with Gasteiger partial charge in [-0.1, -0.05) is 75.2 Å². The van der Waals surface area contributed by atoms with Gasteiger partial charge in [-0.3, -0.25) is 0 Å². The summed E-state index contributed by atoms with van der Waals surface area (Å²) in [5, 5.41) is 0. The van der Waals surface area contributed by atoms with Crippen molar-refractivity contribution in [3.63, 3.8) is 0 Å². The maximum atomic E-state index is 5.50. The molecule has 0 spiro atoms. The summed E-state index contributed by atoms with van der Waals surface area (Å²) in [6, 6.07) is 0. The molecule has 3 rings (SSSR count). The molecule has 3 aliphatic heterocycles. The van der Waals surface area contributed by atoms with Crippen LogP contribution in [0.4, 0.5) is 0 Å². The van der Waals surface area contributed by atoms with Crippen LogP contribution in [0.1, 0.15) is 148 Å². The molecule has 42 heavy (non-hydrogen) atoms. The Morgan fingerprint density at radius 1 is 0.452 bits per heavy atom. The molecule has 0 aliphatic carbocycles. The van der Waals surface area contributed by atoms with Crippen LogP contribution in [0.3, 0.4) is 0 Å². The number of hydrogen-bond donors (Lipinski definition) is 0. The molecule has 0 unspecified atom stereocenters. The highest BCUT2D eigenvalue weighted by Gasteiger charge is 2.11. The fourth-order valence-corrected chi connectivity index (χ4v) is 5.23. The zero-order valence-corrected chi connectivity index (χ0v) is 29.0. The average molecular weight is 602 g/mol. The first-order valence-corrected chi connectivity index (χ1v) is 17.5. The Kier molecular flexibility index (Phi) is 35.4. The van der Waals surface area contributed by atoms with Crippen LogP contribution in [0.15, 0.2) is 0 Å². The lowest BCUT2D eigenvalue weighted by Gasteiger charge is -2.26. The van der Waals surface area contributed by atoms with Crippen molar-refractivity contribution in [2.24, 2.45) is 11.8 Å². The van der Waals surface area contributed by atoms with Gasteiger partial charge in [-0.15, -0.1) is 0 Å². The summed E-state index contributed by atoms with van der Waals surface area (Å²) in [5.41, 5.74) is 0. The Bertz CT molecular complexity index is 467. The summed E-state index contributed by atoms with van der Waals surface area (Å²) in [6.07, 6.45) is 16.0. The lowest BCUT2D eigenvalue weighted by atomic mass is 10.1. The van der Waals surface area contributed by atoms with Gasteiger partial charge < -0.3 is 24.2 Å². The van der Waals surface area contributed by atoms with E-state index in [1.54, 1.807) is 0 Å². The Balaban J connectivity index is -0.000000488. The largest absolute Gasteiger partial charge is 0.377 e. The molecule has 3 aliphatic rings. The predicted octanol–water partition coefficient (Wildman–Crippen LogP) is 9.64. The summed E-state index contributed by atoms with van der Waals surface area (Å²) >= 11 is 0. The normalized spacial score (nSPS) is 17.9. The molecule has 0 radical (unpaired) electrons. The quantitative estimate of drug-likeness (QED) is 0.210. The third-order valence-corrected chi connectivity index (χ3v) is 7.70. The number of piperidine rings is 2. The summed E-state index contributed by atoms with van der Waals surface area (Å²) in [6.45, 7) is 32.9. The number of nitrogens with zero attached hydrogens (tertiary/aromatic N) is 3. The maximum Gasteiger partial charge on any atom is 0.0596 e. The van der Waals surface area contributed by atoms with E-state index in [2.05, 4.69) is 77.0 Å². The first kappa shape index (κ1) is 46.2. The van der Waals surface area contributed by atoms with Crippen LogP contribution in [-0.4, -0.2) is 99.0 Å². The molecule has 0 amide bonds. The molecule has 0 N–H and O–H groups in total. The molecule has 3 fully saturated rings. The first-order valence-electron chi connectivity index (χ1n) is 17.5. The highest BCUT2D eigenvalue weighted by Crippen LogP contribution is 2.10. The van der Waals surface area contributed by atoms with Gasteiger partial charge in [0.15, 0.2) is 0 Å².